The van der Waals surface area contributed by atoms with Gasteiger partial charge in [0.2, 0.25) is 5.78 Å². The molecule has 0 N–H and O–H groups in total. The first-order valence-corrected chi connectivity index (χ1v) is 11.7. The van der Waals surface area contributed by atoms with E-state index in [0.29, 0.717) is 52.9 Å². The molecule has 0 saturated heterocycles. The highest BCUT2D eigenvalue weighted by molar-refractivity contribution is 7.99. The minimum atomic E-state index is -0.352. The number of benzene rings is 2. The van der Waals surface area contributed by atoms with Gasteiger partial charge in [-0.05, 0) is 55.2 Å². The molecule has 6 nitrogen and oxygen atoms in total. The summed E-state index contributed by atoms with van der Waals surface area (Å²) < 4.78 is 16.7. The van der Waals surface area contributed by atoms with Crippen LogP contribution in [0.15, 0.2) is 58.5 Å². The zero-order chi connectivity index (χ0) is 22.7. The number of rotatable bonds is 9. The van der Waals surface area contributed by atoms with E-state index in [9.17, 15) is 14.0 Å². The number of fused-ring (bicyclic) bond motifs is 3. The van der Waals surface area contributed by atoms with Crippen LogP contribution in [-0.2, 0) is 6.54 Å². The van der Waals surface area contributed by atoms with Gasteiger partial charge in [-0.1, -0.05) is 37.7 Å². The summed E-state index contributed by atoms with van der Waals surface area (Å²) >= 11 is 1.51. The normalized spacial score (nSPS) is 11.6. The Morgan fingerprint density at radius 3 is 2.59 bits per heavy atom. The largest absolute Gasteiger partial charge is 0.294 e. The van der Waals surface area contributed by atoms with E-state index in [1.165, 1.54) is 36.0 Å². The average Bonchev–Trinajstić information content (AvgIpc) is 3.20. The van der Waals surface area contributed by atoms with E-state index >= 15 is 0 Å². The third-order valence-corrected chi connectivity index (χ3v) is 6.37. The van der Waals surface area contributed by atoms with Crippen molar-refractivity contribution >= 4 is 34.2 Å². The quantitative estimate of drug-likeness (QED) is 0.203. The number of ketones is 1. The Labute approximate surface area is 189 Å². The third kappa shape index (κ3) is 4.60. The number of carbonyl (C=O) groups is 1. The standard InChI is InChI=1S/C24H25FN4O2S/c1-16(2)13-14-28-22(31)19-6-3-4-7-20(19)29-23(28)26-27-24(29)32-15-5-8-21(30)17-9-11-18(25)12-10-17/h3-4,6-7,9-12,16H,5,8,13-15H2,1-2H3. The van der Waals surface area contributed by atoms with E-state index in [-0.39, 0.29) is 17.2 Å². The molecule has 32 heavy (non-hydrogen) atoms. The van der Waals surface area contributed by atoms with Crippen molar-refractivity contribution in [1.29, 1.82) is 0 Å². The molecule has 8 heteroatoms. The van der Waals surface area contributed by atoms with Crippen molar-refractivity contribution in [2.75, 3.05) is 5.75 Å². The molecule has 166 valence electrons. The van der Waals surface area contributed by atoms with Crippen molar-refractivity contribution < 1.29 is 9.18 Å². The summed E-state index contributed by atoms with van der Waals surface area (Å²) in [5.74, 6) is 1.32. The molecule has 0 fully saturated rings. The molecule has 0 spiro atoms. The first kappa shape index (κ1) is 22.2. The number of nitrogens with zero attached hydrogens (tertiary/aromatic N) is 4. The Morgan fingerprint density at radius 1 is 1.09 bits per heavy atom. The van der Waals surface area contributed by atoms with Crippen LogP contribution in [0.4, 0.5) is 4.39 Å². The number of thioether (sulfide) groups is 1. The van der Waals surface area contributed by atoms with Gasteiger partial charge in [0.25, 0.3) is 5.56 Å². The van der Waals surface area contributed by atoms with Crippen molar-refractivity contribution in [3.05, 3.63) is 70.3 Å². The van der Waals surface area contributed by atoms with Gasteiger partial charge in [-0.15, -0.1) is 10.2 Å². The van der Waals surface area contributed by atoms with Gasteiger partial charge in [0.15, 0.2) is 10.9 Å². The zero-order valence-electron chi connectivity index (χ0n) is 18.1. The maximum Gasteiger partial charge on any atom is 0.262 e. The van der Waals surface area contributed by atoms with Crippen molar-refractivity contribution in [3.8, 4) is 0 Å². The van der Waals surface area contributed by atoms with Crippen LogP contribution in [0.25, 0.3) is 16.7 Å². The number of hydrogen-bond donors (Lipinski definition) is 0. The van der Waals surface area contributed by atoms with E-state index in [1.807, 2.05) is 28.7 Å². The fraction of sp³-hybridized carbons (Fsp3) is 0.333. The Hall–Kier alpha value is -3.00. The Balaban J connectivity index is 1.55. The summed E-state index contributed by atoms with van der Waals surface area (Å²) in [7, 11) is 0. The fourth-order valence-corrected chi connectivity index (χ4v) is 4.47. The minimum Gasteiger partial charge on any atom is -0.294 e. The monoisotopic (exact) mass is 452 g/mol. The van der Waals surface area contributed by atoms with Crippen molar-refractivity contribution in [2.45, 2.75) is 44.8 Å². The van der Waals surface area contributed by atoms with Crippen LogP contribution in [-0.4, -0.2) is 30.7 Å². The highest BCUT2D eigenvalue weighted by atomic mass is 32.2. The number of aromatic nitrogens is 4. The summed E-state index contributed by atoms with van der Waals surface area (Å²) in [5.41, 5.74) is 1.25. The Kier molecular flexibility index (Phi) is 6.69. The minimum absolute atomic E-state index is 0.00956. The predicted octanol–water partition coefficient (Wildman–Crippen LogP) is 4.98. The topological polar surface area (TPSA) is 69.3 Å². The molecule has 0 aliphatic rings. The van der Waals surface area contributed by atoms with Gasteiger partial charge < -0.3 is 0 Å². The second kappa shape index (κ2) is 9.65. The molecule has 0 unspecified atom stereocenters. The third-order valence-electron chi connectivity index (χ3n) is 5.35. The van der Waals surface area contributed by atoms with Crippen molar-refractivity contribution in [2.24, 2.45) is 5.92 Å². The molecule has 2 heterocycles. The molecule has 0 aliphatic heterocycles. The molecule has 0 radical (unpaired) electrons. The number of carbonyl (C=O) groups excluding carboxylic acids is 1. The molecule has 0 atom stereocenters. The molecule has 0 aliphatic carbocycles. The number of para-hydroxylation sites is 1. The summed E-state index contributed by atoms with van der Waals surface area (Å²) in [5, 5.41) is 10.0. The van der Waals surface area contributed by atoms with Gasteiger partial charge in [0.05, 0.1) is 10.9 Å². The van der Waals surface area contributed by atoms with Crippen LogP contribution in [0, 0.1) is 11.7 Å². The van der Waals surface area contributed by atoms with Gasteiger partial charge >= 0.3 is 0 Å². The second-order valence-corrected chi connectivity index (χ2v) is 9.22. The first-order valence-electron chi connectivity index (χ1n) is 10.7. The highest BCUT2D eigenvalue weighted by Gasteiger charge is 2.17. The zero-order valence-corrected chi connectivity index (χ0v) is 18.9. The lowest BCUT2D eigenvalue weighted by Crippen LogP contribution is -2.24. The van der Waals surface area contributed by atoms with Crippen LogP contribution >= 0.6 is 11.8 Å². The summed E-state index contributed by atoms with van der Waals surface area (Å²) in [6, 6.07) is 13.1. The average molecular weight is 453 g/mol. The highest BCUT2D eigenvalue weighted by Crippen LogP contribution is 2.23. The predicted molar refractivity (Wildman–Crippen MR) is 125 cm³/mol. The van der Waals surface area contributed by atoms with E-state index in [4.69, 9.17) is 0 Å². The van der Waals surface area contributed by atoms with Gasteiger partial charge in [-0.2, -0.15) is 0 Å². The maximum absolute atomic E-state index is 13.1. The lowest BCUT2D eigenvalue weighted by atomic mass is 10.1. The van der Waals surface area contributed by atoms with Crippen LogP contribution in [0.2, 0.25) is 0 Å². The number of halogens is 1. The molecule has 4 rings (SSSR count). The lowest BCUT2D eigenvalue weighted by Gasteiger charge is -2.12. The molecular weight excluding hydrogens is 427 g/mol. The molecule has 2 aromatic carbocycles. The second-order valence-electron chi connectivity index (χ2n) is 8.16. The van der Waals surface area contributed by atoms with Crippen LogP contribution in [0.1, 0.15) is 43.5 Å². The molecular formula is C24H25FN4O2S. The fourth-order valence-electron chi connectivity index (χ4n) is 3.59. The van der Waals surface area contributed by atoms with Crippen molar-refractivity contribution in [3.63, 3.8) is 0 Å². The lowest BCUT2D eigenvalue weighted by molar-refractivity contribution is 0.0982. The molecule has 0 amide bonds. The SMILES string of the molecule is CC(C)CCn1c(=O)c2ccccc2n2c(SCCCC(=O)c3ccc(F)cc3)nnc12. The van der Waals surface area contributed by atoms with E-state index in [2.05, 4.69) is 24.0 Å². The van der Waals surface area contributed by atoms with Crippen LogP contribution in [0.5, 0.6) is 0 Å². The molecule has 0 bridgehead atoms. The van der Waals surface area contributed by atoms with Gasteiger partial charge in [0, 0.05) is 24.3 Å². The Bertz CT molecular complexity index is 1310. The van der Waals surface area contributed by atoms with Gasteiger partial charge in [-0.3, -0.25) is 18.6 Å². The van der Waals surface area contributed by atoms with Crippen molar-refractivity contribution in [1.82, 2.24) is 19.2 Å². The van der Waals surface area contributed by atoms with Crippen LogP contribution < -0.4 is 5.56 Å². The number of aryl methyl sites for hydroxylation is 1. The van der Waals surface area contributed by atoms with E-state index in [1.54, 1.807) is 4.57 Å². The van der Waals surface area contributed by atoms with E-state index < -0.39 is 0 Å². The number of hydrogen-bond acceptors (Lipinski definition) is 5. The Morgan fingerprint density at radius 2 is 1.84 bits per heavy atom. The number of Topliss-reactive ketones (excluding diaryl/α,β-unsaturated/α-hetero) is 1. The van der Waals surface area contributed by atoms with Gasteiger partial charge in [-0.25, -0.2) is 4.39 Å². The van der Waals surface area contributed by atoms with Gasteiger partial charge in [0.1, 0.15) is 5.82 Å². The summed E-state index contributed by atoms with van der Waals surface area (Å²) in [6.45, 7) is 4.84. The molecule has 2 aromatic heterocycles. The summed E-state index contributed by atoms with van der Waals surface area (Å²) in [4.78, 5) is 25.4. The summed E-state index contributed by atoms with van der Waals surface area (Å²) in [6.07, 6.45) is 1.89. The molecule has 0 saturated carbocycles. The molecule has 4 aromatic rings. The first-order chi connectivity index (χ1) is 15.5. The van der Waals surface area contributed by atoms with Crippen LogP contribution in [0.3, 0.4) is 0 Å². The maximum atomic E-state index is 13.1. The smallest absolute Gasteiger partial charge is 0.262 e. The van der Waals surface area contributed by atoms with E-state index in [0.717, 1.165) is 11.9 Å².